The van der Waals surface area contributed by atoms with E-state index in [1.54, 1.807) is 0 Å². The maximum absolute atomic E-state index is 13.8. The highest BCUT2D eigenvalue weighted by Crippen LogP contribution is 2.35. The smallest absolute Gasteiger partial charge is 0.191 e. The van der Waals surface area contributed by atoms with Crippen molar-refractivity contribution >= 4 is 5.96 Å². The lowest BCUT2D eigenvalue weighted by atomic mass is 10.0. The molecule has 0 radical (unpaired) electrons. The largest absolute Gasteiger partial charge is 0.370 e. The second-order valence-corrected chi connectivity index (χ2v) is 4.95. The monoisotopic (exact) mass is 251 g/mol. The van der Waals surface area contributed by atoms with E-state index in [2.05, 4.69) is 4.99 Å². The number of guanidine groups is 1. The highest BCUT2D eigenvalue weighted by molar-refractivity contribution is 5.80. The molecule has 1 aromatic rings. The van der Waals surface area contributed by atoms with Gasteiger partial charge in [-0.25, -0.2) is 8.78 Å². The molecule has 0 saturated heterocycles. The molecule has 1 atom stereocenters. The molecule has 1 heterocycles. The van der Waals surface area contributed by atoms with Crippen LogP contribution in [0.1, 0.15) is 24.4 Å². The Bertz CT molecular complexity index is 477. The summed E-state index contributed by atoms with van der Waals surface area (Å²) in [6.07, 6.45) is 2.33. The predicted molar refractivity (Wildman–Crippen MR) is 65.0 cm³/mol. The van der Waals surface area contributed by atoms with E-state index in [1.165, 1.54) is 18.2 Å². The second kappa shape index (κ2) is 4.23. The van der Waals surface area contributed by atoms with Gasteiger partial charge >= 0.3 is 0 Å². The molecule has 96 valence electrons. The van der Waals surface area contributed by atoms with Gasteiger partial charge in [0.25, 0.3) is 0 Å². The van der Waals surface area contributed by atoms with Crippen LogP contribution in [0.4, 0.5) is 8.78 Å². The summed E-state index contributed by atoms with van der Waals surface area (Å²) in [5.74, 6) is -0.0554. The Balaban J connectivity index is 1.90. The van der Waals surface area contributed by atoms with E-state index in [0.717, 1.165) is 19.4 Å². The van der Waals surface area contributed by atoms with Gasteiger partial charge in [-0.1, -0.05) is 6.07 Å². The van der Waals surface area contributed by atoms with Crippen molar-refractivity contribution in [2.45, 2.75) is 18.9 Å². The maximum Gasteiger partial charge on any atom is 0.191 e. The SMILES string of the molecule is NC1=NCC(c2c(F)cccc2F)N1CC1CC1. The van der Waals surface area contributed by atoms with Crippen LogP contribution in [0, 0.1) is 17.6 Å². The third-order valence-corrected chi connectivity index (χ3v) is 3.58. The quantitative estimate of drug-likeness (QED) is 0.893. The molecule has 1 fully saturated rings. The fraction of sp³-hybridized carbons (Fsp3) is 0.462. The minimum atomic E-state index is -0.523. The third kappa shape index (κ3) is 1.94. The number of nitrogens with zero attached hydrogens (tertiary/aromatic N) is 2. The van der Waals surface area contributed by atoms with Crippen LogP contribution in [0.3, 0.4) is 0 Å². The Morgan fingerprint density at radius 2 is 1.94 bits per heavy atom. The molecule has 5 heteroatoms. The molecule has 1 aliphatic heterocycles. The molecule has 3 rings (SSSR count). The van der Waals surface area contributed by atoms with Crippen molar-refractivity contribution in [2.75, 3.05) is 13.1 Å². The van der Waals surface area contributed by atoms with E-state index >= 15 is 0 Å². The van der Waals surface area contributed by atoms with Gasteiger partial charge in [-0.2, -0.15) is 0 Å². The molecule has 1 aromatic carbocycles. The fourth-order valence-corrected chi connectivity index (χ4v) is 2.40. The Labute approximate surface area is 104 Å². The van der Waals surface area contributed by atoms with Crippen molar-refractivity contribution in [3.8, 4) is 0 Å². The van der Waals surface area contributed by atoms with Gasteiger partial charge in [-0.3, -0.25) is 4.99 Å². The summed E-state index contributed by atoms with van der Waals surface area (Å²) in [7, 11) is 0. The molecule has 0 aromatic heterocycles. The molecule has 1 aliphatic carbocycles. The van der Waals surface area contributed by atoms with Crippen molar-refractivity contribution in [1.29, 1.82) is 0 Å². The average Bonchev–Trinajstić information content (AvgIpc) is 3.07. The molecule has 1 unspecified atom stereocenters. The molecular weight excluding hydrogens is 236 g/mol. The summed E-state index contributed by atoms with van der Waals surface area (Å²) in [4.78, 5) is 5.96. The van der Waals surface area contributed by atoms with Crippen molar-refractivity contribution in [3.63, 3.8) is 0 Å². The van der Waals surface area contributed by atoms with Gasteiger partial charge in [-0.15, -0.1) is 0 Å². The van der Waals surface area contributed by atoms with Crippen LogP contribution in [0.15, 0.2) is 23.2 Å². The van der Waals surface area contributed by atoms with Crippen molar-refractivity contribution in [2.24, 2.45) is 16.6 Å². The van der Waals surface area contributed by atoms with E-state index in [4.69, 9.17) is 5.73 Å². The first kappa shape index (κ1) is 11.4. The lowest BCUT2D eigenvalue weighted by Gasteiger charge is -2.27. The third-order valence-electron chi connectivity index (χ3n) is 3.58. The number of aliphatic imine (C=N–C) groups is 1. The second-order valence-electron chi connectivity index (χ2n) is 4.95. The maximum atomic E-state index is 13.8. The van der Waals surface area contributed by atoms with Crippen LogP contribution in [0.5, 0.6) is 0 Å². The number of nitrogens with two attached hydrogens (primary N) is 1. The number of benzene rings is 1. The van der Waals surface area contributed by atoms with E-state index < -0.39 is 17.7 Å². The summed E-state index contributed by atoms with van der Waals surface area (Å²) in [5.41, 5.74) is 5.90. The Morgan fingerprint density at radius 1 is 1.28 bits per heavy atom. The zero-order chi connectivity index (χ0) is 12.7. The number of rotatable bonds is 3. The first-order valence-corrected chi connectivity index (χ1v) is 6.17. The summed E-state index contributed by atoms with van der Waals surface area (Å²) >= 11 is 0. The van der Waals surface area contributed by atoms with Gasteiger partial charge in [0.05, 0.1) is 12.6 Å². The zero-order valence-corrected chi connectivity index (χ0v) is 9.94. The van der Waals surface area contributed by atoms with Crippen LogP contribution < -0.4 is 5.73 Å². The Morgan fingerprint density at radius 3 is 2.56 bits per heavy atom. The molecular formula is C13H15F2N3. The number of halogens is 2. The minimum Gasteiger partial charge on any atom is -0.370 e. The van der Waals surface area contributed by atoms with E-state index in [1.807, 2.05) is 4.90 Å². The van der Waals surface area contributed by atoms with Crippen LogP contribution in [-0.2, 0) is 0 Å². The normalized spacial score (nSPS) is 23.3. The molecule has 1 saturated carbocycles. The topological polar surface area (TPSA) is 41.6 Å². The van der Waals surface area contributed by atoms with Crippen molar-refractivity contribution < 1.29 is 8.78 Å². The molecule has 2 aliphatic rings. The van der Waals surface area contributed by atoms with E-state index in [-0.39, 0.29) is 5.56 Å². The fourth-order valence-electron chi connectivity index (χ4n) is 2.40. The summed E-state index contributed by atoms with van der Waals surface area (Å²) in [5, 5.41) is 0. The molecule has 0 amide bonds. The van der Waals surface area contributed by atoms with Crippen LogP contribution in [-0.4, -0.2) is 23.9 Å². The van der Waals surface area contributed by atoms with Gasteiger partial charge in [0, 0.05) is 12.1 Å². The highest BCUT2D eigenvalue weighted by Gasteiger charge is 2.35. The van der Waals surface area contributed by atoms with Gasteiger partial charge < -0.3 is 10.6 Å². The number of hydrogen-bond donors (Lipinski definition) is 1. The summed E-state index contributed by atoms with van der Waals surface area (Å²) < 4.78 is 27.6. The lowest BCUT2D eigenvalue weighted by Crippen LogP contribution is -2.38. The van der Waals surface area contributed by atoms with Gasteiger partial charge in [0.1, 0.15) is 11.6 Å². The predicted octanol–water partition coefficient (Wildman–Crippen LogP) is 2.05. The van der Waals surface area contributed by atoms with Gasteiger partial charge in [0.2, 0.25) is 0 Å². The zero-order valence-electron chi connectivity index (χ0n) is 9.94. The Hall–Kier alpha value is -1.65. The first-order chi connectivity index (χ1) is 8.66. The molecule has 18 heavy (non-hydrogen) atoms. The van der Waals surface area contributed by atoms with Crippen LogP contribution in [0.2, 0.25) is 0 Å². The molecule has 0 spiro atoms. The first-order valence-electron chi connectivity index (χ1n) is 6.17. The standard InChI is InChI=1S/C13H15F2N3/c14-9-2-1-3-10(15)12(9)11-6-17-13(16)18(11)7-8-4-5-8/h1-3,8,11H,4-7H2,(H2,16,17). The van der Waals surface area contributed by atoms with Crippen molar-refractivity contribution in [3.05, 3.63) is 35.4 Å². The average molecular weight is 251 g/mol. The molecule has 0 bridgehead atoms. The van der Waals surface area contributed by atoms with Gasteiger partial charge in [0.15, 0.2) is 5.96 Å². The summed E-state index contributed by atoms with van der Waals surface area (Å²) in [6, 6.07) is 3.54. The van der Waals surface area contributed by atoms with E-state index in [0.29, 0.717) is 18.4 Å². The van der Waals surface area contributed by atoms with Gasteiger partial charge in [-0.05, 0) is 30.9 Å². The van der Waals surface area contributed by atoms with Crippen LogP contribution >= 0.6 is 0 Å². The highest BCUT2D eigenvalue weighted by atomic mass is 19.1. The number of hydrogen-bond acceptors (Lipinski definition) is 3. The van der Waals surface area contributed by atoms with Crippen LogP contribution in [0.25, 0.3) is 0 Å². The lowest BCUT2D eigenvalue weighted by molar-refractivity contribution is 0.317. The minimum absolute atomic E-state index is 0.0855. The Kier molecular flexibility index (Phi) is 2.69. The molecule has 3 nitrogen and oxygen atoms in total. The summed E-state index contributed by atoms with van der Waals surface area (Å²) in [6.45, 7) is 1.07. The molecule has 2 N–H and O–H groups in total. The van der Waals surface area contributed by atoms with Crippen molar-refractivity contribution in [1.82, 2.24) is 4.90 Å². The van der Waals surface area contributed by atoms with E-state index in [9.17, 15) is 8.78 Å².